The van der Waals surface area contributed by atoms with Crippen LogP contribution in [0.2, 0.25) is 0 Å². The Bertz CT molecular complexity index is 750. The standard InChI is InChI=1S/C30H43N/c1-4-6-7-9-25-11-15-27(16-12-25)29-19-21-30(22-20-29)28-17-13-26(14-18-28)10-8-24-31(3)23-5-2/h5,13-14,17-22,25,27H,2,4,6-12,15-16,23-24H2,1,3H3. The predicted octanol–water partition coefficient (Wildman–Crippen LogP) is 8.26. The molecule has 0 aliphatic heterocycles. The summed E-state index contributed by atoms with van der Waals surface area (Å²) in [6.07, 6.45) is 15.6. The number of hydrogen-bond donors (Lipinski definition) is 0. The van der Waals surface area contributed by atoms with Crippen molar-refractivity contribution in [2.24, 2.45) is 5.92 Å². The van der Waals surface area contributed by atoms with E-state index in [0.29, 0.717) is 0 Å². The third-order valence-corrected chi connectivity index (χ3v) is 7.18. The maximum Gasteiger partial charge on any atom is 0.0157 e. The number of rotatable bonds is 12. The summed E-state index contributed by atoms with van der Waals surface area (Å²) in [6.45, 7) is 8.21. The van der Waals surface area contributed by atoms with E-state index in [1.807, 2.05) is 6.08 Å². The molecule has 0 atom stereocenters. The van der Waals surface area contributed by atoms with Crippen LogP contribution < -0.4 is 0 Å². The molecule has 1 aliphatic rings. The number of benzene rings is 2. The van der Waals surface area contributed by atoms with Gasteiger partial charge in [0.1, 0.15) is 0 Å². The first-order chi connectivity index (χ1) is 15.2. The molecular formula is C30H43N. The Morgan fingerprint density at radius 2 is 1.52 bits per heavy atom. The van der Waals surface area contributed by atoms with E-state index < -0.39 is 0 Å². The first-order valence-corrected chi connectivity index (χ1v) is 12.7. The summed E-state index contributed by atoms with van der Waals surface area (Å²) in [6, 6.07) is 18.6. The van der Waals surface area contributed by atoms with E-state index in [0.717, 1.165) is 31.3 Å². The summed E-state index contributed by atoms with van der Waals surface area (Å²) in [5.41, 5.74) is 5.66. The molecule has 0 heterocycles. The first kappa shape index (κ1) is 23.8. The topological polar surface area (TPSA) is 3.24 Å². The van der Waals surface area contributed by atoms with Gasteiger partial charge in [0.2, 0.25) is 0 Å². The van der Waals surface area contributed by atoms with Gasteiger partial charge in [0.05, 0.1) is 0 Å². The zero-order valence-corrected chi connectivity index (χ0v) is 20.0. The van der Waals surface area contributed by atoms with Crippen LogP contribution in [-0.4, -0.2) is 25.0 Å². The molecule has 168 valence electrons. The van der Waals surface area contributed by atoms with E-state index in [1.165, 1.54) is 74.5 Å². The van der Waals surface area contributed by atoms with Gasteiger partial charge in [0, 0.05) is 6.54 Å². The highest BCUT2D eigenvalue weighted by Gasteiger charge is 2.22. The van der Waals surface area contributed by atoms with Crippen LogP contribution in [0.5, 0.6) is 0 Å². The van der Waals surface area contributed by atoms with Crippen molar-refractivity contribution < 1.29 is 0 Å². The normalized spacial score (nSPS) is 18.9. The SMILES string of the molecule is C=CCN(C)CCCc1ccc(-c2ccc(C3CCC(CCCCC)CC3)cc2)cc1. The highest BCUT2D eigenvalue weighted by atomic mass is 15.1. The quantitative estimate of drug-likeness (QED) is 0.248. The Kier molecular flexibility index (Phi) is 9.87. The Morgan fingerprint density at radius 1 is 0.871 bits per heavy atom. The summed E-state index contributed by atoms with van der Waals surface area (Å²) in [4.78, 5) is 2.32. The minimum atomic E-state index is 0.776. The lowest BCUT2D eigenvalue weighted by molar-refractivity contribution is 0.303. The van der Waals surface area contributed by atoms with Gasteiger partial charge in [-0.3, -0.25) is 0 Å². The molecule has 0 amide bonds. The molecule has 0 bridgehead atoms. The van der Waals surface area contributed by atoms with Crippen molar-refractivity contribution in [3.05, 3.63) is 72.3 Å². The molecular weight excluding hydrogens is 374 g/mol. The summed E-state index contributed by atoms with van der Waals surface area (Å²) >= 11 is 0. The minimum Gasteiger partial charge on any atom is -0.303 e. The fraction of sp³-hybridized carbons (Fsp3) is 0.533. The van der Waals surface area contributed by atoms with Crippen molar-refractivity contribution in [1.29, 1.82) is 0 Å². The van der Waals surface area contributed by atoms with Crippen molar-refractivity contribution >= 4 is 0 Å². The maximum absolute atomic E-state index is 3.81. The van der Waals surface area contributed by atoms with Gasteiger partial charge < -0.3 is 4.90 Å². The maximum atomic E-state index is 3.81. The van der Waals surface area contributed by atoms with Crippen LogP contribution >= 0.6 is 0 Å². The lowest BCUT2D eigenvalue weighted by Gasteiger charge is -2.29. The van der Waals surface area contributed by atoms with Gasteiger partial charge in [-0.15, -0.1) is 6.58 Å². The molecule has 0 aromatic heterocycles. The second kappa shape index (κ2) is 12.9. The van der Waals surface area contributed by atoms with Gasteiger partial charge in [0.15, 0.2) is 0 Å². The van der Waals surface area contributed by atoms with E-state index in [2.05, 4.69) is 74.0 Å². The average molecular weight is 418 g/mol. The molecule has 0 N–H and O–H groups in total. The van der Waals surface area contributed by atoms with Gasteiger partial charge in [-0.2, -0.15) is 0 Å². The van der Waals surface area contributed by atoms with E-state index in [1.54, 1.807) is 5.56 Å². The van der Waals surface area contributed by atoms with Crippen molar-refractivity contribution in [3.63, 3.8) is 0 Å². The molecule has 2 aromatic rings. The van der Waals surface area contributed by atoms with Crippen molar-refractivity contribution in [2.75, 3.05) is 20.1 Å². The van der Waals surface area contributed by atoms with E-state index in [9.17, 15) is 0 Å². The summed E-state index contributed by atoms with van der Waals surface area (Å²) < 4.78 is 0. The zero-order chi connectivity index (χ0) is 21.9. The highest BCUT2D eigenvalue weighted by Crippen LogP contribution is 2.38. The van der Waals surface area contributed by atoms with Gasteiger partial charge >= 0.3 is 0 Å². The molecule has 31 heavy (non-hydrogen) atoms. The molecule has 1 nitrogen and oxygen atoms in total. The Labute approximate surface area is 191 Å². The molecule has 1 fully saturated rings. The van der Waals surface area contributed by atoms with Gasteiger partial charge in [-0.1, -0.05) is 87.2 Å². The molecule has 3 rings (SSSR count). The van der Waals surface area contributed by atoms with Crippen LogP contribution in [-0.2, 0) is 6.42 Å². The number of nitrogens with zero attached hydrogens (tertiary/aromatic N) is 1. The third kappa shape index (κ3) is 7.65. The lowest BCUT2D eigenvalue weighted by Crippen LogP contribution is -2.19. The summed E-state index contributed by atoms with van der Waals surface area (Å²) in [5, 5.41) is 0. The molecule has 2 aromatic carbocycles. The number of likely N-dealkylation sites (N-methyl/N-ethyl adjacent to an activating group) is 1. The van der Waals surface area contributed by atoms with E-state index >= 15 is 0 Å². The Hall–Kier alpha value is -1.86. The van der Waals surface area contributed by atoms with Crippen LogP contribution in [0.4, 0.5) is 0 Å². The second-order valence-corrected chi connectivity index (χ2v) is 9.69. The third-order valence-electron chi connectivity index (χ3n) is 7.18. The smallest absolute Gasteiger partial charge is 0.0157 e. The fourth-order valence-corrected chi connectivity index (χ4v) is 5.14. The Balaban J connectivity index is 1.47. The van der Waals surface area contributed by atoms with Crippen molar-refractivity contribution in [2.45, 2.75) is 77.0 Å². The van der Waals surface area contributed by atoms with E-state index in [-0.39, 0.29) is 0 Å². The predicted molar refractivity (Wildman–Crippen MR) is 137 cm³/mol. The van der Waals surface area contributed by atoms with Gasteiger partial charge in [-0.05, 0) is 86.2 Å². The molecule has 1 aliphatic carbocycles. The van der Waals surface area contributed by atoms with Gasteiger partial charge in [0.25, 0.3) is 0 Å². The monoisotopic (exact) mass is 417 g/mol. The summed E-state index contributed by atoms with van der Waals surface area (Å²) in [7, 11) is 2.16. The average Bonchev–Trinajstić information content (AvgIpc) is 2.81. The molecule has 0 saturated heterocycles. The van der Waals surface area contributed by atoms with Crippen LogP contribution in [0.25, 0.3) is 11.1 Å². The van der Waals surface area contributed by atoms with Crippen LogP contribution in [0.1, 0.15) is 81.8 Å². The second-order valence-electron chi connectivity index (χ2n) is 9.69. The number of aryl methyl sites for hydroxylation is 1. The Morgan fingerprint density at radius 3 is 2.13 bits per heavy atom. The van der Waals surface area contributed by atoms with Crippen molar-refractivity contribution in [1.82, 2.24) is 4.90 Å². The fourth-order valence-electron chi connectivity index (χ4n) is 5.14. The molecule has 0 radical (unpaired) electrons. The lowest BCUT2D eigenvalue weighted by atomic mass is 9.77. The van der Waals surface area contributed by atoms with E-state index in [4.69, 9.17) is 0 Å². The van der Waals surface area contributed by atoms with Gasteiger partial charge in [-0.25, -0.2) is 0 Å². The first-order valence-electron chi connectivity index (χ1n) is 12.7. The molecule has 0 unspecified atom stereocenters. The molecule has 0 spiro atoms. The highest BCUT2D eigenvalue weighted by molar-refractivity contribution is 5.64. The van der Waals surface area contributed by atoms with Crippen molar-refractivity contribution in [3.8, 4) is 11.1 Å². The zero-order valence-electron chi connectivity index (χ0n) is 20.0. The number of hydrogen-bond acceptors (Lipinski definition) is 1. The number of unbranched alkanes of at least 4 members (excludes halogenated alkanes) is 2. The molecule has 1 saturated carbocycles. The van der Waals surface area contributed by atoms with Crippen LogP contribution in [0.15, 0.2) is 61.2 Å². The minimum absolute atomic E-state index is 0.776. The van der Waals surface area contributed by atoms with Crippen LogP contribution in [0, 0.1) is 5.92 Å². The largest absolute Gasteiger partial charge is 0.303 e. The van der Waals surface area contributed by atoms with Crippen LogP contribution in [0.3, 0.4) is 0 Å². The summed E-state index contributed by atoms with van der Waals surface area (Å²) in [5.74, 6) is 1.76. The molecule has 1 heteroatoms.